The lowest BCUT2D eigenvalue weighted by molar-refractivity contribution is -0.0922. The van der Waals surface area contributed by atoms with Gasteiger partial charge in [0, 0.05) is 32.2 Å². The molecule has 3 atom stereocenters. The maximum Gasteiger partial charge on any atom is 0.191 e. The second-order valence-corrected chi connectivity index (χ2v) is 8.93. The fourth-order valence-corrected chi connectivity index (χ4v) is 5.03. The Kier molecular flexibility index (Phi) is 6.94. The molecule has 130 valence electrons. The highest BCUT2D eigenvalue weighted by Crippen LogP contribution is 2.42. The molecular weight excluding hydrogens is 417 g/mol. The number of sulfone groups is 1. The topological polar surface area (TPSA) is 79.8 Å². The van der Waals surface area contributed by atoms with Crippen molar-refractivity contribution in [2.24, 2.45) is 16.3 Å². The number of methoxy groups -OCH3 is 1. The second-order valence-electron chi connectivity index (χ2n) is 6.70. The van der Waals surface area contributed by atoms with Crippen LogP contribution in [0.25, 0.3) is 0 Å². The molecule has 0 amide bonds. The molecule has 1 aliphatic carbocycles. The number of halogens is 1. The van der Waals surface area contributed by atoms with Crippen molar-refractivity contribution in [3.8, 4) is 0 Å². The molecule has 2 aliphatic rings. The van der Waals surface area contributed by atoms with Crippen LogP contribution in [-0.4, -0.2) is 58.7 Å². The number of nitrogens with one attached hydrogen (secondary N) is 2. The third-order valence-electron chi connectivity index (χ3n) is 4.88. The van der Waals surface area contributed by atoms with E-state index in [1.165, 1.54) is 0 Å². The lowest BCUT2D eigenvalue weighted by Gasteiger charge is -2.51. The lowest BCUT2D eigenvalue weighted by atomic mass is 9.64. The Morgan fingerprint density at radius 3 is 2.55 bits per heavy atom. The summed E-state index contributed by atoms with van der Waals surface area (Å²) in [5.74, 6) is 1.54. The Morgan fingerprint density at radius 1 is 1.41 bits per heavy atom. The SMILES string of the molecule is CN=C(NCC1CCS(=O)(=O)C1)NC1CC(OC)C1(C)C.I. The molecule has 2 rings (SSSR count). The van der Waals surface area contributed by atoms with Gasteiger partial charge >= 0.3 is 0 Å². The van der Waals surface area contributed by atoms with Crippen molar-refractivity contribution in [1.29, 1.82) is 0 Å². The van der Waals surface area contributed by atoms with E-state index in [0.717, 1.165) is 18.8 Å². The Balaban J connectivity index is 0.00000242. The molecule has 0 radical (unpaired) electrons. The standard InChI is InChI=1S/C14H27N3O3S.HI/c1-14(2)11(7-12(14)20-4)17-13(15-3)16-8-10-5-6-21(18,19)9-10;/h10-12H,5-9H2,1-4H3,(H2,15,16,17);1H. The molecule has 0 aromatic heterocycles. The van der Waals surface area contributed by atoms with Crippen LogP contribution in [0, 0.1) is 11.3 Å². The van der Waals surface area contributed by atoms with Crippen LogP contribution in [0.4, 0.5) is 0 Å². The maximum atomic E-state index is 11.5. The molecule has 1 heterocycles. The first kappa shape index (κ1) is 20.0. The summed E-state index contributed by atoms with van der Waals surface area (Å²) in [6.07, 6.45) is 1.97. The number of aliphatic imine (C=N–C) groups is 1. The highest BCUT2D eigenvalue weighted by molar-refractivity contribution is 14.0. The van der Waals surface area contributed by atoms with Crippen LogP contribution in [-0.2, 0) is 14.6 Å². The largest absolute Gasteiger partial charge is 0.381 e. The van der Waals surface area contributed by atoms with Gasteiger partial charge in [-0.05, 0) is 18.8 Å². The Hall–Kier alpha value is -0.0900. The van der Waals surface area contributed by atoms with Crippen LogP contribution in [0.5, 0.6) is 0 Å². The van der Waals surface area contributed by atoms with Gasteiger partial charge in [-0.3, -0.25) is 4.99 Å². The molecule has 8 heteroatoms. The minimum atomic E-state index is -2.81. The van der Waals surface area contributed by atoms with Gasteiger partial charge in [-0.15, -0.1) is 24.0 Å². The van der Waals surface area contributed by atoms with Crippen molar-refractivity contribution in [1.82, 2.24) is 10.6 Å². The molecular formula is C14H28IN3O3S. The van der Waals surface area contributed by atoms with Crippen molar-refractivity contribution < 1.29 is 13.2 Å². The van der Waals surface area contributed by atoms with Gasteiger partial charge in [-0.2, -0.15) is 0 Å². The molecule has 0 bridgehead atoms. The summed E-state index contributed by atoms with van der Waals surface area (Å²) in [6, 6.07) is 0.320. The van der Waals surface area contributed by atoms with E-state index in [1.54, 1.807) is 14.2 Å². The van der Waals surface area contributed by atoms with Gasteiger partial charge in [-0.25, -0.2) is 8.42 Å². The van der Waals surface area contributed by atoms with Gasteiger partial charge in [0.25, 0.3) is 0 Å². The summed E-state index contributed by atoms with van der Waals surface area (Å²) in [5, 5.41) is 6.66. The lowest BCUT2D eigenvalue weighted by Crippen LogP contribution is -2.63. The first-order valence-corrected chi connectivity index (χ1v) is 9.31. The molecule has 2 fully saturated rings. The van der Waals surface area contributed by atoms with E-state index in [4.69, 9.17) is 4.74 Å². The zero-order valence-corrected chi connectivity index (χ0v) is 16.9. The van der Waals surface area contributed by atoms with Gasteiger partial charge in [-0.1, -0.05) is 13.8 Å². The summed E-state index contributed by atoms with van der Waals surface area (Å²) >= 11 is 0. The average molecular weight is 445 g/mol. The summed E-state index contributed by atoms with van der Waals surface area (Å²) in [4.78, 5) is 4.23. The van der Waals surface area contributed by atoms with Crippen molar-refractivity contribution in [2.75, 3.05) is 32.2 Å². The third-order valence-corrected chi connectivity index (χ3v) is 6.72. The third kappa shape index (κ3) is 4.47. The average Bonchev–Trinajstić information content (AvgIpc) is 2.76. The first-order chi connectivity index (χ1) is 9.78. The molecule has 0 aromatic rings. The van der Waals surface area contributed by atoms with Crippen LogP contribution in [0.2, 0.25) is 0 Å². The van der Waals surface area contributed by atoms with Crippen LogP contribution < -0.4 is 10.6 Å². The number of hydrogen-bond acceptors (Lipinski definition) is 4. The fraction of sp³-hybridized carbons (Fsp3) is 0.929. The predicted octanol–water partition coefficient (Wildman–Crippen LogP) is 1.02. The Labute approximate surface area is 150 Å². The van der Waals surface area contributed by atoms with Gasteiger partial charge < -0.3 is 15.4 Å². The summed E-state index contributed by atoms with van der Waals surface area (Å²) in [5.41, 5.74) is 0.0725. The van der Waals surface area contributed by atoms with Crippen molar-refractivity contribution in [2.45, 2.75) is 38.8 Å². The van der Waals surface area contributed by atoms with Crippen molar-refractivity contribution >= 4 is 39.8 Å². The van der Waals surface area contributed by atoms with E-state index in [-0.39, 0.29) is 47.2 Å². The van der Waals surface area contributed by atoms with Gasteiger partial charge in [0.1, 0.15) is 0 Å². The quantitative estimate of drug-likeness (QED) is 0.384. The van der Waals surface area contributed by atoms with E-state index in [2.05, 4.69) is 29.5 Å². The molecule has 0 spiro atoms. The second kappa shape index (κ2) is 7.65. The minimum Gasteiger partial charge on any atom is -0.381 e. The number of ether oxygens (including phenoxy) is 1. The molecule has 3 unspecified atom stereocenters. The highest BCUT2D eigenvalue weighted by Gasteiger charge is 2.48. The predicted molar refractivity (Wildman–Crippen MR) is 99.7 cm³/mol. The fourth-order valence-electron chi connectivity index (χ4n) is 3.16. The van der Waals surface area contributed by atoms with Crippen LogP contribution >= 0.6 is 24.0 Å². The summed E-state index contributed by atoms with van der Waals surface area (Å²) in [7, 11) is 0.670. The van der Waals surface area contributed by atoms with Crippen molar-refractivity contribution in [3.05, 3.63) is 0 Å². The van der Waals surface area contributed by atoms with Crippen LogP contribution in [0.3, 0.4) is 0 Å². The van der Waals surface area contributed by atoms with Gasteiger partial charge in [0.05, 0.1) is 17.6 Å². The molecule has 1 saturated heterocycles. The molecule has 0 aromatic carbocycles. The molecule has 1 saturated carbocycles. The van der Waals surface area contributed by atoms with E-state index < -0.39 is 9.84 Å². The number of guanidine groups is 1. The molecule has 2 N–H and O–H groups in total. The van der Waals surface area contributed by atoms with Crippen molar-refractivity contribution in [3.63, 3.8) is 0 Å². The normalized spacial score (nSPS) is 32.7. The van der Waals surface area contributed by atoms with Gasteiger partial charge in [0.15, 0.2) is 15.8 Å². The van der Waals surface area contributed by atoms with Crippen LogP contribution in [0.15, 0.2) is 4.99 Å². The Bertz CT molecular complexity index is 507. The highest BCUT2D eigenvalue weighted by atomic mass is 127. The van der Waals surface area contributed by atoms with E-state index in [9.17, 15) is 8.42 Å². The van der Waals surface area contributed by atoms with Gasteiger partial charge in [0.2, 0.25) is 0 Å². The molecule has 22 heavy (non-hydrogen) atoms. The van der Waals surface area contributed by atoms with E-state index in [0.29, 0.717) is 18.3 Å². The maximum absolute atomic E-state index is 11.5. The van der Waals surface area contributed by atoms with Crippen LogP contribution in [0.1, 0.15) is 26.7 Å². The van der Waals surface area contributed by atoms with E-state index in [1.807, 2.05) is 0 Å². The number of hydrogen-bond donors (Lipinski definition) is 2. The summed E-state index contributed by atoms with van der Waals surface area (Å²) in [6.45, 7) is 5.01. The summed E-state index contributed by atoms with van der Waals surface area (Å²) < 4.78 is 28.4. The number of nitrogens with zero attached hydrogens (tertiary/aromatic N) is 1. The first-order valence-electron chi connectivity index (χ1n) is 7.49. The minimum absolute atomic E-state index is 0. The smallest absolute Gasteiger partial charge is 0.191 e. The zero-order valence-electron chi connectivity index (χ0n) is 13.8. The monoisotopic (exact) mass is 445 g/mol. The molecule has 6 nitrogen and oxygen atoms in total. The zero-order chi connectivity index (χ0) is 15.7. The number of rotatable bonds is 4. The van der Waals surface area contributed by atoms with E-state index >= 15 is 0 Å². The Morgan fingerprint density at radius 2 is 2.09 bits per heavy atom. The molecule has 1 aliphatic heterocycles.